The van der Waals surface area contributed by atoms with Crippen LogP contribution in [0.3, 0.4) is 0 Å². The van der Waals surface area contributed by atoms with Gasteiger partial charge < -0.3 is 10.5 Å². The quantitative estimate of drug-likeness (QED) is 0.904. The Bertz CT molecular complexity index is 623. The van der Waals surface area contributed by atoms with Crippen LogP contribution < -0.4 is 10.5 Å². The van der Waals surface area contributed by atoms with Gasteiger partial charge in [-0.2, -0.15) is 0 Å². The van der Waals surface area contributed by atoms with E-state index in [0.29, 0.717) is 0 Å². The molecule has 1 fully saturated rings. The molecule has 2 aromatic carbocycles. The van der Waals surface area contributed by atoms with Gasteiger partial charge in [0.25, 0.3) is 0 Å². The summed E-state index contributed by atoms with van der Waals surface area (Å²) in [6.07, 6.45) is 1.15. The molecule has 2 aromatic rings. The summed E-state index contributed by atoms with van der Waals surface area (Å²) in [7, 11) is 0. The van der Waals surface area contributed by atoms with Crippen molar-refractivity contribution in [1.29, 1.82) is 0 Å². The second-order valence-electron chi connectivity index (χ2n) is 5.92. The highest BCUT2D eigenvalue weighted by atomic mass is 79.9. The van der Waals surface area contributed by atoms with Crippen molar-refractivity contribution in [2.75, 3.05) is 0 Å². The monoisotopic (exact) mass is 319 g/mol. The summed E-state index contributed by atoms with van der Waals surface area (Å²) >= 11 is 3.49. The average Bonchev–Trinajstić information content (AvgIpc) is 2.38. The summed E-state index contributed by atoms with van der Waals surface area (Å²) in [5.74, 6) is 0.930. The normalized spacial score (nSPS) is 25.1. The summed E-state index contributed by atoms with van der Waals surface area (Å²) in [4.78, 5) is 0. The third-order valence-electron chi connectivity index (χ3n) is 4.31. The van der Waals surface area contributed by atoms with E-state index in [9.17, 15) is 0 Å². The van der Waals surface area contributed by atoms with Gasteiger partial charge in [0, 0.05) is 22.4 Å². The highest BCUT2D eigenvalue weighted by molar-refractivity contribution is 9.10. The first kappa shape index (κ1) is 12.9. The molecule has 3 rings (SSSR count). The Morgan fingerprint density at radius 2 is 1.84 bits per heavy atom. The lowest BCUT2D eigenvalue weighted by atomic mass is 9.65. The van der Waals surface area contributed by atoms with Gasteiger partial charge in [0.05, 0.1) is 0 Å². The minimum atomic E-state index is 0.0642. The smallest absolute Gasteiger partial charge is 0.120 e. The third-order valence-corrected chi connectivity index (χ3v) is 4.80. The van der Waals surface area contributed by atoms with Crippen LogP contribution in [-0.4, -0.2) is 12.1 Å². The molecule has 0 heterocycles. The van der Waals surface area contributed by atoms with Crippen molar-refractivity contribution < 1.29 is 4.74 Å². The number of hydrogen-bond donors (Lipinski definition) is 1. The molecule has 2 unspecified atom stereocenters. The van der Waals surface area contributed by atoms with Crippen molar-refractivity contribution in [1.82, 2.24) is 0 Å². The molecule has 1 saturated carbocycles. The van der Waals surface area contributed by atoms with E-state index in [-0.39, 0.29) is 17.6 Å². The molecule has 19 heavy (non-hydrogen) atoms. The van der Waals surface area contributed by atoms with Gasteiger partial charge >= 0.3 is 0 Å². The van der Waals surface area contributed by atoms with Crippen LogP contribution in [-0.2, 0) is 0 Å². The van der Waals surface area contributed by atoms with Crippen molar-refractivity contribution >= 4 is 26.7 Å². The van der Waals surface area contributed by atoms with Crippen LogP contribution in [0.4, 0.5) is 0 Å². The number of halogens is 1. The van der Waals surface area contributed by atoms with Crippen molar-refractivity contribution in [3.8, 4) is 5.75 Å². The number of rotatable bonds is 2. The molecule has 100 valence electrons. The summed E-state index contributed by atoms with van der Waals surface area (Å²) in [6, 6.07) is 12.7. The molecule has 0 radical (unpaired) electrons. The maximum absolute atomic E-state index is 6.08. The fourth-order valence-corrected chi connectivity index (χ4v) is 2.93. The van der Waals surface area contributed by atoms with Crippen LogP contribution in [0.5, 0.6) is 5.75 Å². The Morgan fingerprint density at radius 3 is 2.53 bits per heavy atom. The van der Waals surface area contributed by atoms with Gasteiger partial charge in [-0.05, 0) is 35.0 Å². The van der Waals surface area contributed by atoms with E-state index in [1.165, 1.54) is 10.8 Å². The van der Waals surface area contributed by atoms with Crippen LogP contribution in [0.2, 0.25) is 0 Å². The fraction of sp³-hybridized carbons (Fsp3) is 0.375. The van der Waals surface area contributed by atoms with Crippen molar-refractivity contribution in [3.63, 3.8) is 0 Å². The van der Waals surface area contributed by atoms with Crippen LogP contribution in [0.1, 0.15) is 20.3 Å². The lowest BCUT2D eigenvalue weighted by Crippen LogP contribution is -2.60. The zero-order valence-corrected chi connectivity index (χ0v) is 12.8. The van der Waals surface area contributed by atoms with Crippen LogP contribution in [0, 0.1) is 5.41 Å². The predicted octanol–water partition coefficient (Wildman–Crippen LogP) is 4.11. The first-order valence-corrected chi connectivity index (χ1v) is 7.38. The number of nitrogens with two attached hydrogens (primary N) is 1. The van der Waals surface area contributed by atoms with Gasteiger partial charge in [-0.15, -0.1) is 0 Å². The van der Waals surface area contributed by atoms with Crippen LogP contribution >= 0.6 is 15.9 Å². The highest BCUT2D eigenvalue weighted by Crippen LogP contribution is 2.42. The molecule has 1 aliphatic rings. The molecule has 0 aliphatic heterocycles. The number of hydrogen-bond acceptors (Lipinski definition) is 2. The molecule has 2 atom stereocenters. The molecule has 0 spiro atoms. The number of fused-ring (bicyclic) bond motifs is 1. The Hall–Kier alpha value is -1.06. The number of benzene rings is 2. The summed E-state index contributed by atoms with van der Waals surface area (Å²) in [5, 5.41) is 2.41. The zero-order valence-electron chi connectivity index (χ0n) is 11.2. The van der Waals surface area contributed by atoms with Gasteiger partial charge in [0.1, 0.15) is 11.9 Å². The lowest BCUT2D eigenvalue weighted by molar-refractivity contribution is -0.0399. The van der Waals surface area contributed by atoms with Gasteiger partial charge in [-0.3, -0.25) is 0 Å². The second kappa shape index (κ2) is 4.50. The van der Waals surface area contributed by atoms with Crippen molar-refractivity contribution in [2.24, 2.45) is 11.1 Å². The van der Waals surface area contributed by atoms with Gasteiger partial charge in [0.15, 0.2) is 0 Å². The Kier molecular flexibility index (Phi) is 3.06. The van der Waals surface area contributed by atoms with Gasteiger partial charge in [-0.1, -0.05) is 41.9 Å². The molecule has 0 saturated heterocycles. The standard InChI is InChI=1S/C16H18BrNO/c1-16(2)14(18)9-15(16)19-13-6-4-10-7-12(17)5-3-11(10)8-13/h3-8,14-15H,9,18H2,1-2H3. The van der Waals surface area contributed by atoms with Crippen molar-refractivity contribution in [3.05, 3.63) is 40.9 Å². The van der Waals surface area contributed by atoms with Crippen molar-refractivity contribution in [2.45, 2.75) is 32.4 Å². The third kappa shape index (κ3) is 2.26. The SMILES string of the molecule is CC1(C)C(N)CC1Oc1ccc2cc(Br)ccc2c1. The lowest BCUT2D eigenvalue weighted by Gasteiger charge is -2.49. The Morgan fingerprint density at radius 1 is 1.16 bits per heavy atom. The summed E-state index contributed by atoms with van der Waals surface area (Å²) in [5.41, 5.74) is 6.09. The van der Waals surface area contributed by atoms with Crippen LogP contribution in [0.15, 0.2) is 40.9 Å². The largest absolute Gasteiger partial charge is 0.490 e. The summed E-state index contributed by atoms with van der Waals surface area (Å²) < 4.78 is 7.18. The van der Waals surface area contributed by atoms with Crippen LogP contribution in [0.25, 0.3) is 10.8 Å². The van der Waals surface area contributed by atoms with E-state index in [4.69, 9.17) is 10.5 Å². The molecule has 1 aliphatic carbocycles. The molecule has 0 aromatic heterocycles. The van der Waals surface area contributed by atoms with Gasteiger partial charge in [0.2, 0.25) is 0 Å². The Labute approximate surface area is 122 Å². The van der Waals surface area contributed by atoms with E-state index < -0.39 is 0 Å². The maximum Gasteiger partial charge on any atom is 0.120 e. The molecular weight excluding hydrogens is 302 g/mol. The van der Waals surface area contributed by atoms with Gasteiger partial charge in [-0.25, -0.2) is 0 Å². The zero-order chi connectivity index (χ0) is 13.6. The van der Waals surface area contributed by atoms with E-state index >= 15 is 0 Å². The first-order chi connectivity index (χ1) is 8.96. The molecular formula is C16H18BrNO. The highest BCUT2D eigenvalue weighted by Gasteiger charge is 2.47. The number of ether oxygens (including phenoxy) is 1. The van der Waals surface area contributed by atoms with E-state index in [1.54, 1.807) is 0 Å². The minimum absolute atomic E-state index is 0.0642. The second-order valence-corrected chi connectivity index (χ2v) is 6.84. The molecule has 0 bridgehead atoms. The summed E-state index contributed by atoms with van der Waals surface area (Å²) in [6.45, 7) is 4.34. The topological polar surface area (TPSA) is 35.2 Å². The minimum Gasteiger partial charge on any atom is -0.490 e. The predicted molar refractivity (Wildman–Crippen MR) is 82.4 cm³/mol. The van der Waals surface area contributed by atoms with E-state index in [1.807, 2.05) is 6.07 Å². The average molecular weight is 320 g/mol. The fourth-order valence-electron chi connectivity index (χ4n) is 2.55. The molecule has 2 nitrogen and oxygen atoms in total. The van der Waals surface area contributed by atoms with E-state index in [0.717, 1.165) is 16.6 Å². The molecule has 2 N–H and O–H groups in total. The maximum atomic E-state index is 6.08. The molecule has 3 heteroatoms. The Balaban J connectivity index is 1.85. The molecule has 0 amide bonds. The van der Waals surface area contributed by atoms with E-state index in [2.05, 4.69) is 60.1 Å². The first-order valence-electron chi connectivity index (χ1n) is 6.58.